The summed E-state index contributed by atoms with van der Waals surface area (Å²) in [6.45, 7) is 8.74. The quantitative estimate of drug-likeness (QED) is 0.668. The van der Waals surface area contributed by atoms with Gasteiger partial charge in [0.1, 0.15) is 5.82 Å². The SMILES string of the molecule is Cc1c(CCN2CCN(c3ccc(F)cc3)CC2)c2cccc3c2n1CCC3. The molecular formula is C24H28FN3. The van der Waals surface area contributed by atoms with E-state index in [9.17, 15) is 4.39 Å². The average molecular weight is 378 g/mol. The van der Waals surface area contributed by atoms with Crippen LogP contribution < -0.4 is 4.90 Å². The minimum Gasteiger partial charge on any atom is -0.369 e. The lowest BCUT2D eigenvalue weighted by Gasteiger charge is -2.36. The van der Waals surface area contributed by atoms with E-state index in [1.807, 2.05) is 12.1 Å². The van der Waals surface area contributed by atoms with Crippen LogP contribution in [0.2, 0.25) is 0 Å². The zero-order valence-electron chi connectivity index (χ0n) is 16.6. The van der Waals surface area contributed by atoms with Crippen LogP contribution in [-0.4, -0.2) is 42.2 Å². The Morgan fingerprint density at radius 3 is 2.50 bits per heavy atom. The van der Waals surface area contributed by atoms with Crippen LogP contribution in [0.5, 0.6) is 0 Å². The molecule has 0 spiro atoms. The van der Waals surface area contributed by atoms with Gasteiger partial charge in [-0.15, -0.1) is 0 Å². The summed E-state index contributed by atoms with van der Waals surface area (Å²) in [4.78, 5) is 4.94. The first-order chi connectivity index (χ1) is 13.7. The van der Waals surface area contributed by atoms with Gasteiger partial charge < -0.3 is 9.47 Å². The normalized spacial score (nSPS) is 17.4. The lowest BCUT2D eigenvalue weighted by atomic mass is 10.0. The van der Waals surface area contributed by atoms with E-state index in [-0.39, 0.29) is 5.82 Å². The van der Waals surface area contributed by atoms with Gasteiger partial charge >= 0.3 is 0 Å². The molecule has 3 heterocycles. The number of aryl methyl sites for hydroxylation is 2. The molecule has 2 aliphatic heterocycles. The number of halogens is 1. The van der Waals surface area contributed by atoms with Crippen molar-refractivity contribution in [1.29, 1.82) is 0 Å². The summed E-state index contributed by atoms with van der Waals surface area (Å²) in [6.07, 6.45) is 3.59. The van der Waals surface area contributed by atoms with Crippen LogP contribution >= 0.6 is 0 Å². The van der Waals surface area contributed by atoms with Gasteiger partial charge in [-0.3, -0.25) is 4.90 Å². The number of nitrogens with zero attached hydrogens (tertiary/aromatic N) is 3. The highest BCUT2D eigenvalue weighted by molar-refractivity contribution is 5.88. The minimum absolute atomic E-state index is 0.163. The van der Waals surface area contributed by atoms with Crippen LogP contribution in [0.25, 0.3) is 10.9 Å². The molecule has 1 saturated heterocycles. The lowest BCUT2D eigenvalue weighted by molar-refractivity contribution is 0.261. The Morgan fingerprint density at radius 2 is 1.71 bits per heavy atom. The number of rotatable bonds is 4. The molecule has 2 aromatic carbocycles. The molecule has 0 saturated carbocycles. The maximum absolute atomic E-state index is 13.1. The minimum atomic E-state index is -0.163. The zero-order chi connectivity index (χ0) is 19.1. The molecule has 0 bridgehead atoms. The third kappa shape index (κ3) is 3.10. The molecular weight excluding hydrogens is 349 g/mol. The second-order valence-corrected chi connectivity index (χ2v) is 8.19. The first-order valence-corrected chi connectivity index (χ1v) is 10.5. The number of para-hydroxylation sites is 1. The summed E-state index contributed by atoms with van der Waals surface area (Å²) in [5.41, 5.74) is 7.14. The van der Waals surface area contributed by atoms with Crippen molar-refractivity contribution < 1.29 is 4.39 Å². The Kier molecular flexibility index (Phi) is 4.59. The van der Waals surface area contributed by atoms with Crippen molar-refractivity contribution >= 4 is 16.6 Å². The van der Waals surface area contributed by atoms with Crippen molar-refractivity contribution in [2.24, 2.45) is 0 Å². The monoisotopic (exact) mass is 377 g/mol. The number of benzene rings is 2. The summed E-state index contributed by atoms with van der Waals surface area (Å²) < 4.78 is 15.7. The highest BCUT2D eigenvalue weighted by Crippen LogP contribution is 2.33. The Bertz CT molecular complexity index is 981. The molecule has 1 fully saturated rings. The number of hydrogen-bond donors (Lipinski definition) is 0. The number of anilines is 1. The lowest BCUT2D eigenvalue weighted by Crippen LogP contribution is -2.47. The van der Waals surface area contributed by atoms with Crippen molar-refractivity contribution in [3.63, 3.8) is 0 Å². The van der Waals surface area contributed by atoms with Crippen molar-refractivity contribution in [2.75, 3.05) is 37.6 Å². The second-order valence-electron chi connectivity index (χ2n) is 8.19. The first-order valence-electron chi connectivity index (χ1n) is 10.5. The van der Waals surface area contributed by atoms with E-state index in [4.69, 9.17) is 0 Å². The maximum Gasteiger partial charge on any atom is 0.123 e. The molecule has 0 radical (unpaired) electrons. The van der Waals surface area contributed by atoms with E-state index >= 15 is 0 Å². The van der Waals surface area contributed by atoms with Gasteiger partial charge in [-0.2, -0.15) is 0 Å². The number of aromatic nitrogens is 1. The standard InChI is InChI=1S/C24H28FN3/c1-18-22(23-6-2-4-19-5-3-12-28(18)24(19)23)11-13-26-14-16-27(17-15-26)21-9-7-20(25)8-10-21/h2,4,6-10H,3,5,11-17H2,1H3. The molecule has 146 valence electrons. The van der Waals surface area contributed by atoms with E-state index in [2.05, 4.69) is 39.5 Å². The fourth-order valence-corrected chi connectivity index (χ4v) is 5.06. The van der Waals surface area contributed by atoms with Crippen molar-refractivity contribution in [1.82, 2.24) is 9.47 Å². The number of hydrogen-bond acceptors (Lipinski definition) is 2. The van der Waals surface area contributed by atoms with Crippen LogP contribution in [0.3, 0.4) is 0 Å². The van der Waals surface area contributed by atoms with Gasteiger partial charge in [0, 0.05) is 56.0 Å². The summed E-state index contributed by atoms with van der Waals surface area (Å²) in [7, 11) is 0. The molecule has 5 rings (SSSR count). The van der Waals surface area contributed by atoms with E-state index in [0.29, 0.717) is 0 Å². The molecule has 3 nitrogen and oxygen atoms in total. The predicted octanol–water partition coefficient (Wildman–Crippen LogP) is 4.40. The molecule has 4 heteroatoms. The predicted molar refractivity (Wildman–Crippen MR) is 114 cm³/mol. The molecule has 0 atom stereocenters. The van der Waals surface area contributed by atoms with Gasteiger partial charge in [-0.1, -0.05) is 18.2 Å². The average Bonchev–Trinajstić information content (AvgIpc) is 3.01. The fraction of sp³-hybridized carbons (Fsp3) is 0.417. The van der Waals surface area contributed by atoms with Gasteiger partial charge in [0.25, 0.3) is 0 Å². The summed E-state index contributed by atoms with van der Waals surface area (Å²) in [5, 5.41) is 1.47. The second kappa shape index (κ2) is 7.25. The first kappa shape index (κ1) is 17.7. The topological polar surface area (TPSA) is 11.4 Å². The fourth-order valence-electron chi connectivity index (χ4n) is 5.06. The van der Waals surface area contributed by atoms with Gasteiger partial charge in [-0.25, -0.2) is 4.39 Å². The molecule has 2 aliphatic rings. The molecule has 3 aromatic rings. The summed E-state index contributed by atoms with van der Waals surface area (Å²) in [6, 6.07) is 13.7. The molecule has 1 aromatic heterocycles. The van der Waals surface area contributed by atoms with Crippen molar-refractivity contribution in [3.05, 3.63) is 65.1 Å². The van der Waals surface area contributed by atoms with Crippen LogP contribution in [0.15, 0.2) is 42.5 Å². The molecule has 28 heavy (non-hydrogen) atoms. The molecule has 0 unspecified atom stereocenters. The Balaban J connectivity index is 1.26. The van der Waals surface area contributed by atoms with Crippen molar-refractivity contribution in [2.45, 2.75) is 32.7 Å². The Hall–Kier alpha value is -2.33. The summed E-state index contributed by atoms with van der Waals surface area (Å²) in [5.74, 6) is -0.163. The number of piperazine rings is 1. The maximum atomic E-state index is 13.1. The molecule has 0 aliphatic carbocycles. The zero-order valence-corrected chi connectivity index (χ0v) is 16.6. The largest absolute Gasteiger partial charge is 0.369 e. The summed E-state index contributed by atoms with van der Waals surface area (Å²) >= 11 is 0. The van der Waals surface area contributed by atoms with Crippen LogP contribution in [0.1, 0.15) is 23.2 Å². The molecule has 0 amide bonds. The van der Waals surface area contributed by atoms with Crippen molar-refractivity contribution in [3.8, 4) is 0 Å². The highest BCUT2D eigenvalue weighted by atomic mass is 19.1. The van der Waals surface area contributed by atoms with Gasteiger partial charge in [0.2, 0.25) is 0 Å². The molecule has 0 N–H and O–H groups in total. The van der Waals surface area contributed by atoms with E-state index < -0.39 is 0 Å². The van der Waals surface area contributed by atoms with Gasteiger partial charge in [0.05, 0.1) is 5.52 Å². The third-order valence-corrected chi connectivity index (χ3v) is 6.63. The Morgan fingerprint density at radius 1 is 0.929 bits per heavy atom. The Labute approximate surface area is 166 Å². The van der Waals surface area contributed by atoms with E-state index in [1.165, 1.54) is 35.0 Å². The third-order valence-electron chi connectivity index (χ3n) is 6.63. The van der Waals surface area contributed by atoms with Crippen LogP contribution in [0.4, 0.5) is 10.1 Å². The smallest absolute Gasteiger partial charge is 0.123 e. The van der Waals surface area contributed by atoms with Crippen LogP contribution in [0, 0.1) is 12.7 Å². The van der Waals surface area contributed by atoms with E-state index in [1.54, 1.807) is 17.7 Å². The van der Waals surface area contributed by atoms with E-state index in [0.717, 1.165) is 51.4 Å². The van der Waals surface area contributed by atoms with Gasteiger partial charge in [0.15, 0.2) is 0 Å². The highest BCUT2D eigenvalue weighted by Gasteiger charge is 2.21. The van der Waals surface area contributed by atoms with Gasteiger partial charge in [-0.05, 0) is 61.6 Å². The van der Waals surface area contributed by atoms with Crippen LogP contribution in [-0.2, 0) is 19.4 Å².